The summed E-state index contributed by atoms with van der Waals surface area (Å²) in [6.07, 6.45) is 0.860. The zero-order chi connectivity index (χ0) is 10.0. The number of aliphatic hydroxyl groups is 1. The van der Waals surface area contributed by atoms with Crippen LogP contribution >= 0.6 is 0 Å². The van der Waals surface area contributed by atoms with Crippen LogP contribution in [-0.4, -0.2) is 30.3 Å². The molecule has 0 bridgehead atoms. The summed E-state index contributed by atoms with van der Waals surface area (Å²) in [7, 11) is 0. The molecular weight excluding hydrogens is 176 g/mol. The first-order valence-electron chi connectivity index (χ1n) is 4.93. The fourth-order valence-corrected chi connectivity index (χ4v) is 1.88. The molecule has 14 heavy (non-hydrogen) atoms. The number of aliphatic hydroxyl groups excluding tert-OH is 1. The molecule has 0 amide bonds. The lowest BCUT2D eigenvalue weighted by atomic mass is 10.0. The maximum atomic E-state index is 9.14. The summed E-state index contributed by atoms with van der Waals surface area (Å²) in [5, 5.41) is 9.14. The highest BCUT2D eigenvalue weighted by Crippen LogP contribution is 2.24. The van der Waals surface area contributed by atoms with Crippen molar-refractivity contribution >= 4 is 5.69 Å². The Labute approximate surface area is 84.1 Å². The summed E-state index contributed by atoms with van der Waals surface area (Å²) in [6.45, 7) is 1.74. The van der Waals surface area contributed by atoms with E-state index in [9.17, 15) is 0 Å². The highest BCUT2D eigenvalue weighted by atomic mass is 16.3. The van der Waals surface area contributed by atoms with E-state index in [2.05, 4.69) is 17.0 Å². The first kappa shape index (κ1) is 9.49. The number of rotatable bonds is 2. The van der Waals surface area contributed by atoms with Gasteiger partial charge in [-0.3, -0.25) is 0 Å². The number of hydrogen-bond acceptors (Lipinski definition) is 3. The van der Waals surface area contributed by atoms with Crippen LogP contribution in [-0.2, 0) is 0 Å². The van der Waals surface area contributed by atoms with Crippen molar-refractivity contribution in [3.8, 4) is 0 Å². The van der Waals surface area contributed by atoms with Crippen molar-refractivity contribution in [3.63, 3.8) is 0 Å². The largest absolute Gasteiger partial charge is 0.394 e. The van der Waals surface area contributed by atoms with Gasteiger partial charge in [0.2, 0.25) is 0 Å². The van der Waals surface area contributed by atoms with E-state index in [0.29, 0.717) is 0 Å². The van der Waals surface area contributed by atoms with E-state index in [1.165, 1.54) is 5.69 Å². The maximum Gasteiger partial charge on any atom is 0.0629 e. The Bertz CT molecular complexity index is 301. The van der Waals surface area contributed by atoms with Gasteiger partial charge in [-0.1, -0.05) is 18.2 Å². The van der Waals surface area contributed by atoms with Crippen LogP contribution in [0.3, 0.4) is 0 Å². The van der Waals surface area contributed by atoms with Gasteiger partial charge in [0.05, 0.1) is 12.1 Å². The summed E-state index contributed by atoms with van der Waals surface area (Å²) < 4.78 is 0. The molecule has 3 N–H and O–H groups in total. The molecule has 0 radical (unpaired) electrons. The molecule has 3 heteroatoms. The monoisotopic (exact) mass is 192 g/mol. The average molecular weight is 192 g/mol. The van der Waals surface area contributed by atoms with Crippen molar-refractivity contribution in [2.24, 2.45) is 5.73 Å². The molecule has 1 fully saturated rings. The Morgan fingerprint density at radius 3 is 2.64 bits per heavy atom. The topological polar surface area (TPSA) is 49.5 Å². The lowest BCUT2D eigenvalue weighted by Gasteiger charge is -2.23. The molecule has 3 nitrogen and oxygen atoms in total. The van der Waals surface area contributed by atoms with Crippen molar-refractivity contribution < 1.29 is 5.11 Å². The van der Waals surface area contributed by atoms with E-state index in [-0.39, 0.29) is 6.61 Å². The Hall–Kier alpha value is -1.06. The molecule has 0 spiro atoms. The lowest BCUT2D eigenvalue weighted by Crippen LogP contribution is -2.46. The van der Waals surface area contributed by atoms with E-state index < -0.39 is 5.54 Å². The normalized spacial score (nSPS) is 26.9. The maximum absolute atomic E-state index is 9.14. The number of hydrogen-bond donors (Lipinski definition) is 2. The minimum atomic E-state index is -0.407. The zero-order valence-electron chi connectivity index (χ0n) is 8.19. The molecule has 1 aromatic rings. The highest BCUT2D eigenvalue weighted by molar-refractivity contribution is 5.47. The van der Waals surface area contributed by atoms with Gasteiger partial charge < -0.3 is 15.7 Å². The number of benzene rings is 1. The van der Waals surface area contributed by atoms with Crippen LogP contribution in [0.4, 0.5) is 5.69 Å². The highest BCUT2D eigenvalue weighted by Gasteiger charge is 2.33. The SMILES string of the molecule is NC1(CO)CCN(c2ccccc2)C1. The Kier molecular flexibility index (Phi) is 2.44. The van der Waals surface area contributed by atoms with E-state index in [1.54, 1.807) is 0 Å². The van der Waals surface area contributed by atoms with Crippen molar-refractivity contribution in [1.82, 2.24) is 0 Å². The molecule has 1 aliphatic heterocycles. The molecule has 76 valence electrons. The van der Waals surface area contributed by atoms with E-state index >= 15 is 0 Å². The molecule has 1 aliphatic rings. The second-order valence-electron chi connectivity index (χ2n) is 4.03. The molecule has 0 aliphatic carbocycles. The molecule has 1 atom stereocenters. The quantitative estimate of drug-likeness (QED) is 0.721. The van der Waals surface area contributed by atoms with Gasteiger partial charge in [-0.2, -0.15) is 0 Å². The Morgan fingerprint density at radius 1 is 1.36 bits per heavy atom. The van der Waals surface area contributed by atoms with Crippen LogP contribution in [0.5, 0.6) is 0 Å². The Balaban J connectivity index is 2.10. The second kappa shape index (κ2) is 3.59. The van der Waals surface area contributed by atoms with Crippen LogP contribution < -0.4 is 10.6 Å². The fraction of sp³-hybridized carbons (Fsp3) is 0.455. The lowest BCUT2D eigenvalue weighted by molar-refractivity contribution is 0.210. The molecular formula is C11H16N2O. The van der Waals surface area contributed by atoms with Crippen LogP contribution in [0.1, 0.15) is 6.42 Å². The van der Waals surface area contributed by atoms with E-state index in [1.807, 2.05) is 18.2 Å². The molecule has 2 rings (SSSR count). The molecule has 0 saturated carbocycles. The third kappa shape index (κ3) is 1.74. The number of nitrogens with two attached hydrogens (primary N) is 1. The average Bonchev–Trinajstić information content (AvgIpc) is 2.63. The summed E-state index contributed by atoms with van der Waals surface area (Å²) in [5.41, 5.74) is 6.78. The molecule has 1 heterocycles. The van der Waals surface area contributed by atoms with Gasteiger partial charge in [0.1, 0.15) is 0 Å². The van der Waals surface area contributed by atoms with E-state index in [4.69, 9.17) is 10.8 Å². The first-order chi connectivity index (χ1) is 6.73. The minimum Gasteiger partial charge on any atom is -0.394 e. The van der Waals surface area contributed by atoms with Crippen LogP contribution in [0.2, 0.25) is 0 Å². The molecule has 0 aromatic heterocycles. The van der Waals surface area contributed by atoms with Gasteiger partial charge in [0.15, 0.2) is 0 Å². The zero-order valence-corrected chi connectivity index (χ0v) is 8.19. The van der Waals surface area contributed by atoms with Crippen molar-refractivity contribution in [2.75, 3.05) is 24.6 Å². The predicted molar refractivity (Wildman–Crippen MR) is 57.3 cm³/mol. The third-order valence-electron chi connectivity index (χ3n) is 2.82. The molecule has 1 saturated heterocycles. The Morgan fingerprint density at radius 2 is 2.07 bits per heavy atom. The van der Waals surface area contributed by atoms with Gasteiger partial charge >= 0.3 is 0 Å². The summed E-state index contributed by atoms with van der Waals surface area (Å²) in [4.78, 5) is 2.22. The minimum absolute atomic E-state index is 0.0658. The van der Waals surface area contributed by atoms with Crippen LogP contribution in [0.25, 0.3) is 0 Å². The molecule has 1 unspecified atom stereocenters. The van der Waals surface area contributed by atoms with Gasteiger partial charge in [0.25, 0.3) is 0 Å². The number of para-hydroxylation sites is 1. The van der Waals surface area contributed by atoms with Crippen LogP contribution in [0.15, 0.2) is 30.3 Å². The van der Waals surface area contributed by atoms with Crippen LogP contribution in [0, 0.1) is 0 Å². The first-order valence-corrected chi connectivity index (χ1v) is 4.93. The molecule has 1 aromatic carbocycles. The number of anilines is 1. The fourth-order valence-electron chi connectivity index (χ4n) is 1.88. The van der Waals surface area contributed by atoms with Gasteiger partial charge in [-0.15, -0.1) is 0 Å². The predicted octanol–water partition coefficient (Wildman–Crippen LogP) is 0.586. The van der Waals surface area contributed by atoms with Gasteiger partial charge in [0, 0.05) is 18.8 Å². The smallest absolute Gasteiger partial charge is 0.0629 e. The summed E-state index contributed by atoms with van der Waals surface area (Å²) >= 11 is 0. The standard InChI is InChI=1S/C11H16N2O/c12-11(9-14)6-7-13(8-11)10-4-2-1-3-5-10/h1-5,14H,6-9,12H2. The van der Waals surface area contributed by atoms with Crippen molar-refractivity contribution in [1.29, 1.82) is 0 Å². The third-order valence-corrected chi connectivity index (χ3v) is 2.82. The van der Waals surface area contributed by atoms with E-state index in [0.717, 1.165) is 19.5 Å². The summed E-state index contributed by atoms with van der Waals surface area (Å²) in [6, 6.07) is 10.2. The second-order valence-corrected chi connectivity index (χ2v) is 4.03. The summed E-state index contributed by atoms with van der Waals surface area (Å²) in [5.74, 6) is 0. The van der Waals surface area contributed by atoms with Crippen molar-refractivity contribution in [2.45, 2.75) is 12.0 Å². The van der Waals surface area contributed by atoms with Gasteiger partial charge in [-0.25, -0.2) is 0 Å². The number of nitrogens with zero attached hydrogens (tertiary/aromatic N) is 1. The van der Waals surface area contributed by atoms with Crippen molar-refractivity contribution in [3.05, 3.63) is 30.3 Å². The van der Waals surface area contributed by atoms with Gasteiger partial charge in [-0.05, 0) is 18.6 Å².